The van der Waals surface area contributed by atoms with Gasteiger partial charge in [-0.3, -0.25) is 4.79 Å². The highest BCUT2D eigenvalue weighted by molar-refractivity contribution is 6.07. The van der Waals surface area contributed by atoms with Crippen LogP contribution in [-0.2, 0) is 11.2 Å². The summed E-state index contributed by atoms with van der Waals surface area (Å²) < 4.78 is 4.88. The summed E-state index contributed by atoms with van der Waals surface area (Å²) in [5.41, 5.74) is 4.14. The Bertz CT molecular complexity index is 793. The number of nitrogens with zero attached hydrogens (tertiary/aromatic N) is 1. The largest absolute Gasteiger partial charge is 0.465 e. The lowest BCUT2D eigenvalue weighted by Crippen LogP contribution is -2.36. The van der Waals surface area contributed by atoms with Crippen molar-refractivity contribution < 1.29 is 14.3 Å². The van der Waals surface area contributed by atoms with Gasteiger partial charge in [-0.15, -0.1) is 0 Å². The van der Waals surface area contributed by atoms with E-state index in [0.717, 1.165) is 24.1 Å². The molecule has 1 aliphatic heterocycles. The van der Waals surface area contributed by atoms with E-state index < -0.39 is 0 Å². The average Bonchev–Trinajstić information content (AvgIpc) is 2.65. The Hall–Kier alpha value is -2.62. The van der Waals surface area contributed by atoms with Gasteiger partial charge in [-0.25, -0.2) is 4.79 Å². The SMILES string of the molecule is COC(=O)c1cccc2c1CCCN2C(=O)c1ccc(C(C)C)cc1. The van der Waals surface area contributed by atoms with Gasteiger partial charge in [0.2, 0.25) is 0 Å². The molecule has 1 heterocycles. The summed E-state index contributed by atoms with van der Waals surface area (Å²) in [7, 11) is 1.38. The van der Waals surface area contributed by atoms with E-state index in [0.29, 0.717) is 23.6 Å². The van der Waals surface area contributed by atoms with Crippen LogP contribution in [0, 0.1) is 0 Å². The lowest BCUT2D eigenvalue weighted by molar-refractivity contribution is 0.0599. The molecule has 0 saturated carbocycles. The summed E-state index contributed by atoms with van der Waals surface area (Å²) in [6.45, 7) is 4.92. The summed E-state index contributed by atoms with van der Waals surface area (Å²) in [5.74, 6) is 0.0492. The summed E-state index contributed by atoms with van der Waals surface area (Å²) in [6.07, 6.45) is 1.60. The molecular weight excluding hydrogens is 314 g/mol. The van der Waals surface area contributed by atoms with E-state index >= 15 is 0 Å². The van der Waals surface area contributed by atoms with Crippen molar-refractivity contribution in [3.05, 3.63) is 64.7 Å². The van der Waals surface area contributed by atoms with Gasteiger partial charge < -0.3 is 9.64 Å². The molecule has 0 radical (unpaired) electrons. The smallest absolute Gasteiger partial charge is 0.338 e. The van der Waals surface area contributed by atoms with Crippen LogP contribution in [0.1, 0.15) is 58.0 Å². The van der Waals surface area contributed by atoms with Crippen molar-refractivity contribution in [2.75, 3.05) is 18.6 Å². The van der Waals surface area contributed by atoms with Crippen molar-refractivity contribution in [1.29, 1.82) is 0 Å². The van der Waals surface area contributed by atoms with E-state index in [9.17, 15) is 9.59 Å². The monoisotopic (exact) mass is 337 g/mol. The molecule has 0 aliphatic carbocycles. The minimum atomic E-state index is -0.354. The van der Waals surface area contributed by atoms with E-state index in [1.54, 1.807) is 17.0 Å². The van der Waals surface area contributed by atoms with Crippen molar-refractivity contribution >= 4 is 17.6 Å². The predicted molar refractivity (Wildman–Crippen MR) is 98.3 cm³/mol. The number of methoxy groups -OCH3 is 1. The Labute approximate surface area is 148 Å². The van der Waals surface area contributed by atoms with Crippen LogP contribution in [0.4, 0.5) is 5.69 Å². The maximum atomic E-state index is 13.0. The van der Waals surface area contributed by atoms with Gasteiger partial charge in [0.25, 0.3) is 5.91 Å². The van der Waals surface area contributed by atoms with Gasteiger partial charge in [0.1, 0.15) is 0 Å². The number of hydrogen-bond acceptors (Lipinski definition) is 3. The van der Waals surface area contributed by atoms with Gasteiger partial charge in [0.15, 0.2) is 0 Å². The molecule has 1 amide bonds. The van der Waals surface area contributed by atoms with Crippen LogP contribution >= 0.6 is 0 Å². The standard InChI is InChI=1S/C21H23NO3/c1-14(2)15-9-11-16(12-10-15)20(23)22-13-5-7-17-18(21(24)25-3)6-4-8-19(17)22/h4,6,8-12,14H,5,7,13H2,1-3H3. The molecule has 0 spiro atoms. The highest BCUT2D eigenvalue weighted by Gasteiger charge is 2.27. The van der Waals surface area contributed by atoms with Gasteiger partial charge in [0, 0.05) is 17.8 Å². The number of fused-ring (bicyclic) bond motifs is 1. The number of benzene rings is 2. The van der Waals surface area contributed by atoms with Crippen LogP contribution in [0.15, 0.2) is 42.5 Å². The first-order chi connectivity index (χ1) is 12.0. The van der Waals surface area contributed by atoms with E-state index in [1.807, 2.05) is 30.3 Å². The fourth-order valence-corrected chi connectivity index (χ4v) is 3.30. The Morgan fingerprint density at radius 3 is 2.44 bits per heavy atom. The molecule has 3 rings (SSSR count). The summed E-state index contributed by atoms with van der Waals surface area (Å²) in [5, 5.41) is 0. The molecule has 2 aromatic rings. The normalized spacial score (nSPS) is 13.5. The van der Waals surface area contributed by atoms with E-state index in [4.69, 9.17) is 4.74 Å². The molecule has 0 unspecified atom stereocenters. The van der Waals surface area contributed by atoms with Crippen LogP contribution in [0.3, 0.4) is 0 Å². The Morgan fingerprint density at radius 2 is 1.80 bits per heavy atom. The maximum Gasteiger partial charge on any atom is 0.338 e. The van der Waals surface area contributed by atoms with Crippen molar-refractivity contribution in [3.8, 4) is 0 Å². The average molecular weight is 337 g/mol. The topological polar surface area (TPSA) is 46.6 Å². The predicted octanol–water partition coefficient (Wildman–Crippen LogP) is 4.19. The molecule has 0 aromatic heterocycles. The Morgan fingerprint density at radius 1 is 1.08 bits per heavy atom. The zero-order valence-corrected chi connectivity index (χ0v) is 14.9. The first-order valence-electron chi connectivity index (χ1n) is 8.65. The molecule has 0 saturated heterocycles. The fourth-order valence-electron chi connectivity index (χ4n) is 3.30. The third-order valence-corrected chi connectivity index (χ3v) is 4.73. The van der Waals surface area contributed by atoms with Gasteiger partial charge in [-0.05, 0) is 54.2 Å². The molecule has 25 heavy (non-hydrogen) atoms. The van der Waals surface area contributed by atoms with E-state index in [-0.39, 0.29) is 11.9 Å². The highest BCUT2D eigenvalue weighted by Crippen LogP contribution is 2.31. The molecule has 4 heteroatoms. The van der Waals surface area contributed by atoms with Crippen molar-refractivity contribution in [2.24, 2.45) is 0 Å². The Balaban J connectivity index is 1.95. The number of carbonyl (C=O) groups excluding carboxylic acids is 2. The molecule has 4 nitrogen and oxygen atoms in total. The molecule has 0 fully saturated rings. The lowest BCUT2D eigenvalue weighted by atomic mass is 9.95. The molecule has 1 aliphatic rings. The molecule has 0 bridgehead atoms. The number of hydrogen-bond donors (Lipinski definition) is 0. The number of amides is 1. The lowest BCUT2D eigenvalue weighted by Gasteiger charge is -2.30. The number of carbonyl (C=O) groups is 2. The number of esters is 1. The zero-order valence-electron chi connectivity index (χ0n) is 14.9. The summed E-state index contributed by atoms with van der Waals surface area (Å²) in [4.78, 5) is 26.8. The quantitative estimate of drug-likeness (QED) is 0.789. The van der Waals surface area contributed by atoms with Gasteiger partial charge in [-0.1, -0.05) is 32.0 Å². The van der Waals surface area contributed by atoms with Crippen molar-refractivity contribution in [3.63, 3.8) is 0 Å². The van der Waals surface area contributed by atoms with Crippen LogP contribution in [0.2, 0.25) is 0 Å². The van der Waals surface area contributed by atoms with E-state index in [2.05, 4.69) is 13.8 Å². The Kier molecular flexibility index (Phi) is 4.88. The maximum absolute atomic E-state index is 13.0. The molecular formula is C21H23NO3. The second-order valence-electron chi connectivity index (χ2n) is 6.63. The minimum Gasteiger partial charge on any atom is -0.465 e. The molecule has 0 atom stereocenters. The summed E-state index contributed by atoms with van der Waals surface area (Å²) >= 11 is 0. The second-order valence-corrected chi connectivity index (χ2v) is 6.63. The van der Waals surface area contributed by atoms with Gasteiger partial charge in [-0.2, -0.15) is 0 Å². The van der Waals surface area contributed by atoms with Gasteiger partial charge in [0.05, 0.1) is 12.7 Å². The minimum absolute atomic E-state index is 0.0294. The molecule has 2 aromatic carbocycles. The number of ether oxygens (including phenoxy) is 1. The van der Waals surface area contributed by atoms with Crippen molar-refractivity contribution in [2.45, 2.75) is 32.6 Å². The van der Waals surface area contributed by atoms with Crippen molar-refractivity contribution in [1.82, 2.24) is 0 Å². The first kappa shape index (κ1) is 17.2. The highest BCUT2D eigenvalue weighted by atomic mass is 16.5. The van der Waals surface area contributed by atoms with Crippen LogP contribution in [0.5, 0.6) is 0 Å². The van der Waals surface area contributed by atoms with Gasteiger partial charge >= 0.3 is 5.97 Å². The van der Waals surface area contributed by atoms with Crippen LogP contribution in [0.25, 0.3) is 0 Å². The third kappa shape index (κ3) is 3.29. The second kappa shape index (κ2) is 7.09. The van der Waals surface area contributed by atoms with Crippen LogP contribution < -0.4 is 4.90 Å². The van der Waals surface area contributed by atoms with Crippen LogP contribution in [-0.4, -0.2) is 25.5 Å². The molecule has 130 valence electrons. The molecule has 0 N–H and O–H groups in total. The fraction of sp³-hybridized carbons (Fsp3) is 0.333. The first-order valence-corrected chi connectivity index (χ1v) is 8.65. The van der Waals surface area contributed by atoms with E-state index in [1.165, 1.54) is 12.7 Å². The third-order valence-electron chi connectivity index (χ3n) is 4.73. The number of rotatable bonds is 3. The number of anilines is 1. The zero-order chi connectivity index (χ0) is 18.0. The summed E-state index contributed by atoms with van der Waals surface area (Å²) in [6, 6.07) is 13.3.